The highest BCUT2D eigenvalue weighted by atomic mass is 14.9. The van der Waals surface area contributed by atoms with Crippen molar-refractivity contribution in [2.24, 2.45) is 11.3 Å². The van der Waals surface area contributed by atoms with Gasteiger partial charge in [0.2, 0.25) is 0 Å². The Hall–Kier alpha value is -0.300. The molecule has 0 spiro atoms. The summed E-state index contributed by atoms with van der Waals surface area (Å²) in [5.41, 5.74) is 2.34. The van der Waals surface area contributed by atoms with Gasteiger partial charge in [0, 0.05) is 6.04 Å². The average molecular weight is 292 g/mol. The lowest BCUT2D eigenvalue weighted by Gasteiger charge is -2.39. The quantitative estimate of drug-likeness (QED) is 0.626. The number of nitrogens with one attached hydrogen (secondary N) is 1. The van der Waals surface area contributed by atoms with E-state index in [2.05, 4.69) is 32.2 Å². The van der Waals surface area contributed by atoms with Crippen LogP contribution in [-0.4, -0.2) is 12.6 Å². The Morgan fingerprint density at radius 3 is 2.57 bits per heavy atom. The molecule has 1 atom stereocenters. The van der Waals surface area contributed by atoms with Gasteiger partial charge in [-0.1, -0.05) is 45.3 Å². The maximum atomic E-state index is 3.92. The van der Waals surface area contributed by atoms with Gasteiger partial charge in [0.25, 0.3) is 0 Å². The topological polar surface area (TPSA) is 12.0 Å². The summed E-state index contributed by atoms with van der Waals surface area (Å²) in [6, 6.07) is 0.680. The third-order valence-corrected chi connectivity index (χ3v) is 5.70. The maximum Gasteiger partial charge on any atom is 0.0307 e. The van der Waals surface area contributed by atoms with Crippen molar-refractivity contribution in [3.63, 3.8) is 0 Å². The first-order valence-corrected chi connectivity index (χ1v) is 9.55. The summed E-state index contributed by atoms with van der Waals surface area (Å²) in [7, 11) is 0. The molecule has 1 heteroatoms. The van der Waals surface area contributed by atoms with Crippen LogP contribution in [0, 0.1) is 11.3 Å². The van der Waals surface area contributed by atoms with Crippen molar-refractivity contribution in [2.45, 2.75) is 97.4 Å². The van der Waals surface area contributed by atoms with Crippen LogP contribution in [-0.2, 0) is 0 Å². The molecular formula is C20H37N. The van der Waals surface area contributed by atoms with Crippen molar-refractivity contribution >= 4 is 0 Å². The lowest BCUT2D eigenvalue weighted by Crippen LogP contribution is -2.41. The molecule has 1 nitrogen and oxygen atoms in total. The van der Waals surface area contributed by atoms with E-state index in [0.717, 1.165) is 5.92 Å². The van der Waals surface area contributed by atoms with Gasteiger partial charge < -0.3 is 5.32 Å². The van der Waals surface area contributed by atoms with Crippen LogP contribution in [0.1, 0.15) is 91.4 Å². The largest absolute Gasteiger partial charge is 0.310 e. The minimum atomic E-state index is 0.584. The van der Waals surface area contributed by atoms with E-state index in [1.165, 1.54) is 77.2 Å². The summed E-state index contributed by atoms with van der Waals surface area (Å²) < 4.78 is 0. The molecule has 1 N–H and O–H groups in total. The molecule has 0 aromatic rings. The standard InChI is InChI=1S/C20H37N/c1-4-16-21-19(17-10-8-6-5-7-9-11-17)18-12-14-20(2,3)15-13-18/h10,18-19,21H,4-9,11-16H2,1-3H3. The summed E-state index contributed by atoms with van der Waals surface area (Å²) in [5, 5.41) is 3.92. The molecule has 0 aromatic heterocycles. The normalized spacial score (nSPS) is 25.8. The van der Waals surface area contributed by atoms with Crippen LogP contribution in [0.3, 0.4) is 0 Å². The van der Waals surface area contributed by atoms with E-state index in [9.17, 15) is 0 Å². The van der Waals surface area contributed by atoms with E-state index in [1.54, 1.807) is 5.57 Å². The first kappa shape index (κ1) is 17.1. The minimum Gasteiger partial charge on any atom is -0.310 e. The minimum absolute atomic E-state index is 0.584. The fourth-order valence-electron chi connectivity index (χ4n) is 4.15. The predicted octanol–water partition coefficient (Wildman–Crippen LogP) is 5.85. The van der Waals surface area contributed by atoms with E-state index >= 15 is 0 Å². The van der Waals surface area contributed by atoms with E-state index < -0.39 is 0 Å². The molecule has 21 heavy (non-hydrogen) atoms. The average Bonchev–Trinajstić information content (AvgIpc) is 2.42. The number of rotatable bonds is 5. The first-order valence-electron chi connectivity index (χ1n) is 9.55. The van der Waals surface area contributed by atoms with Crippen LogP contribution in [0.4, 0.5) is 0 Å². The lowest BCUT2D eigenvalue weighted by atomic mass is 9.69. The van der Waals surface area contributed by atoms with Gasteiger partial charge in [0.1, 0.15) is 0 Å². The molecule has 1 unspecified atom stereocenters. The smallest absolute Gasteiger partial charge is 0.0307 e. The van der Waals surface area contributed by atoms with E-state index in [4.69, 9.17) is 0 Å². The first-order chi connectivity index (χ1) is 10.1. The van der Waals surface area contributed by atoms with Crippen LogP contribution in [0.2, 0.25) is 0 Å². The summed E-state index contributed by atoms with van der Waals surface area (Å²) in [6.07, 6.45) is 17.9. The van der Waals surface area contributed by atoms with Gasteiger partial charge in [0.15, 0.2) is 0 Å². The van der Waals surface area contributed by atoms with Crippen molar-refractivity contribution in [1.29, 1.82) is 0 Å². The Morgan fingerprint density at radius 2 is 1.86 bits per heavy atom. The van der Waals surface area contributed by atoms with Gasteiger partial charge in [-0.2, -0.15) is 0 Å². The van der Waals surface area contributed by atoms with E-state index in [-0.39, 0.29) is 0 Å². The molecule has 0 aromatic carbocycles. The zero-order chi connectivity index (χ0) is 15.1. The molecule has 2 rings (SSSR count). The summed E-state index contributed by atoms with van der Waals surface area (Å²) in [4.78, 5) is 0. The second kappa shape index (κ2) is 8.36. The molecule has 0 aliphatic heterocycles. The SMILES string of the molecule is CCCNC(C1=CCCCCCC1)C1CCC(C)(C)CC1. The predicted molar refractivity (Wildman–Crippen MR) is 93.6 cm³/mol. The molecule has 0 saturated heterocycles. The van der Waals surface area contributed by atoms with Crippen molar-refractivity contribution < 1.29 is 0 Å². The van der Waals surface area contributed by atoms with Gasteiger partial charge in [-0.05, 0) is 75.7 Å². The number of hydrogen-bond donors (Lipinski definition) is 1. The van der Waals surface area contributed by atoms with E-state index in [1.807, 2.05) is 0 Å². The third-order valence-electron chi connectivity index (χ3n) is 5.70. The summed E-state index contributed by atoms with van der Waals surface area (Å²) in [6.45, 7) is 8.38. The second-order valence-electron chi connectivity index (χ2n) is 8.17. The summed E-state index contributed by atoms with van der Waals surface area (Å²) >= 11 is 0. The Bertz CT molecular complexity index is 319. The molecule has 0 radical (unpaired) electrons. The van der Waals surface area contributed by atoms with Gasteiger partial charge >= 0.3 is 0 Å². The molecule has 0 bridgehead atoms. The van der Waals surface area contributed by atoms with Crippen molar-refractivity contribution in [1.82, 2.24) is 5.32 Å². The number of allylic oxidation sites excluding steroid dienone is 1. The molecule has 2 aliphatic rings. The lowest BCUT2D eigenvalue weighted by molar-refractivity contribution is 0.169. The van der Waals surface area contributed by atoms with Gasteiger partial charge in [0.05, 0.1) is 0 Å². The maximum absolute atomic E-state index is 3.92. The van der Waals surface area contributed by atoms with Crippen LogP contribution >= 0.6 is 0 Å². The second-order valence-corrected chi connectivity index (χ2v) is 8.17. The van der Waals surface area contributed by atoms with Crippen molar-refractivity contribution in [3.8, 4) is 0 Å². The summed E-state index contributed by atoms with van der Waals surface area (Å²) in [5.74, 6) is 0.884. The monoisotopic (exact) mass is 291 g/mol. The molecule has 0 heterocycles. The number of hydrogen-bond acceptors (Lipinski definition) is 1. The molecule has 0 amide bonds. The van der Waals surface area contributed by atoms with Crippen LogP contribution < -0.4 is 5.32 Å². The van der Waals surface area contributed by atoms with Crippen LogP contribution in [0.25, 0.3) is 0 Å². The fourth-order valence-corrected chi connectivity index (χ4v) is 4.15. The molecule has 122 valence electrons. The highest BCUT2D eigenvalue weighted by Gasteiger charge is 2.32. The van der Waals surface area contributed by atoms with Gasteiger partial charge in [-0.15, -0.1) is 0 Å². The van der Waals surface area contributed by atoms with Crippen molar-refractivity contribution in [3.05, 3.63) is 11.6 Å². The highest BCUT2D eigenvalue weighted by Crippen LogP contribution is 2.41. The van der Waals surface area contributed by atoms with Crippen LogP contribution in [0.5, 0.6) is 0 Å². The Morgan fingerprint density at radius 1 is 1.14 bits per heavy atom. The zero-order valence-corrected chi connectivity index (χ0v) is 14.7. The van der Waals surface area contributed by atoms with Gasteiger partial charge in [-0.3, -0.25) is 0 Å². The molecule has 2 aliphatic carbocycles. The Labute approximate surface area is 133 Å². The van der Waals surface area contributed by atoms with Gasteiger partial charge in [-0.25, -0.2) is 0 Å². The fraction of sp³-hybridized carbons (Fsp3) is 0.900. The van der Waals surface area contributed by atoms with Crippen molar-refractivity contribution in [2.75, 3.05) is 6.54 Å². The molecule has 1 fully saturated rings. The Balaban J connectivity index is 2.02. The zero-order valence-electron chi connectivity index (χ0n) is 14.7. The third kappa shape index (κ3) is 5.43. The van der Waals surface area contributed by atoms with E-state index in [0.29, 0.717) is 11.5 Å². The Kier molecular flexibility index (Phi) is 6.79. The molecular weight excluding hydrogens is 254 g/mol. The van der Waals surface area contributed by atoms with Crippen LogP contribution in [0.15, 0.2) is 11.6 Å². The highest BCUT2D eigenvalue weighted by molar-refractivity contribution is 5.14. The molecule has 1 saturated carbocycles.